The van der Waals surface area contributed by atoms with Crippen LogP contribution in [0, 0.1) is 0 Å². The predicted molar refractivity (Wildman–Crippen MR) is 18.9 cm³/mol. The number of halogens is 7. The fourth-order valence-corrected chi connectivity index (χ4v) is 0. The summed E-state index contributed by atoms with van der Waals surface area (Å²) in [7, 11) is 0. The van der Waals surface area contributed by atoms with E-state index in [0.717, 1.165) is 0 Å². The van der Waals surface area contributed by atoms with E-state index in [4.69, 9.17) is 10.1 Å². The Kier molecular flexibility index (Phi) is 975. The first-order valence-corrected chi connectivity index (χ1v) is 4.48. The summed E-state index contributed by atoms with van der Waals surface area (Å²) in [5, 5.41) is 0. The summed E-state index contributed by atoms with van der Waals surface area (Å²) >= 11 is -4.34. The second-order valence-electron chi connectivity index (χ2n) is 0.224. The fourth-order valence-electron chi connectivity index (χ4n) is 0. The van der Waals surface area contributed by atoms with E-state index < -0.39 is 18.8 Å². The second-order valence-corrected chi connectivity index (χ2v) is 1.83. The summed E-state index contributed by atoms with van der Waals surface area (Å²) in [6.45, 7) is 0. The summed E-state index contributed by atoms with van der Waals surface area (Å²) in [5.41, 5.74) is 0. The van der Waals surface area contributed by atoms with E-state index in [2.05, 4.69) is 0 Å². The van der Waals surface area contributed by atoms with Gasteiger partial charge in [-0.2, -0.15) is 0 Å². The van der Waals surface area contributed by atoms with Crippen LogP contribution in [0.2, 0.25) is 0 Å². The maximum atomic E-state index is 8.62. The molecular weight excluding hydrogens is 385 g/mol. The molecule has 0 aromatic heterocycles. The van der Waals surface area contributed by atoms with Gasteiger partial charge in [-0.15, -0.1) is 0 Å². The molecule has 0 aliphatic rings. The Labute approximate surface area is 91.0 Å². The van der Waals surface area contributed by atoms with Crippen LogP contribution in [0.1, 0.15) is 0 Å². The molecule has 0 rings (SSSR count). The Morgan fingerprint density at radius 2 is 0.667 bits per heavy atom. The van der Waals surface area contributed by atoms with E-state index in [0.29, 0.717) is 0 Å². The molecule has 12 heavy (non-hydrogen) atoms. The van der Waals surface area contributed by atoms with Gasteiger partial charge in [0.2, 0.25) is 0 Å². The molecule has 0 N–H and O–H groups in total. The standard InChI is InChI=1S/7FH.Na.3O.Ta/h7*1H;;;;;/q;;;;;;;+1;;;-1;. The van der Waals surface area contributed by atoms with Gasteiger partial charge in [0.15, 0.2) is 0 Å². The zero-order chi connectivity index (χ0) is 3.58. The average molecular weight is 392 g/mol. The number of hydrogen-bond acceptors (Lipinski definition) is 3. The fraction of sp³-hybridized carbons (Fsp3) is 0. The molecular formula is H7F7NaO3Ta. The van der Waals surface area contributed by atoms with Gasteiger partial charge in [0, 0.05) is 0 Å². The van der Waals surface area contributed by atoms with Crippen molar-refractivity contribution >= 4 is 0 Å². The molecule has 0 saturated heterocycles. The van der Waals surface area contributed by atoms with Crippen LogP contribution in [0.5, 0.6) is 0 Å². The summed E-state index contributed by atoms with van der Waals surface area (Å²) in [6.07, 6.45) is 0. The molecule has 0 amide bonds. The van der Waals surface area contributed by atoms with Crippen LogP contribution in [-0.4, -0.2) is 0 Å². The molecule has 0 spiro atoms. The summed E-state index contributed by atoms with van der Waals surface area (Å²) in [6, 6.07) is 0. The van der Waals surface area contributed by atoms with Gasteiger partial charge in [0.1, 0.15) is 0 Å². The third-order valence-electron chi connectivity index (χ3n) is 0. The molecule has 12 heteroatoms. The molecule has 0 aromatic carbocycles. The van der Waals surface area contributed by atoms with Crippen LogP contribution in [0.15, 0.2) is 0 Å². The molecule has 0 unspecified atom stereocenters. The Balaban J connectivity index is -0.00000000161. The molecule has 0 bridgehead atoms. The Morgan fingerprint density at radius 1 is 0.667 bits per heavy atom. The zero-order valence-corrected chi connectivity index (χ0v) is 10.7. The normalized spacial score (nSPS) is 2.08. The van der Waals surface area contributed by atoms with E-state index in [1.807, 2.05) is 0 Å². The van der Waals surface area contributed by atoms with Crippen molar-refractivity contribution in [3.8, 4) is 0 Å². The minimum atomic E-state index is -4.34. The topological polar surface area (TPSA) is 57.2 Å². The van der Waals surface area contributed by atoms with Gasteiger partial charge in [-0.1, -0.05) is 0 Å². The van der Waals surface area contributed by atoms with Gasteiger partial charge in [0.25, 0.3) is 0 Å². The van der Waals surface area contributed by atoms with Gasteiger partial charge in [0.05, 0.1) is 0 Å². The molecule has 0 aliphatic heterocycles. The maximum absolute atomic E-state index is 8.62. The average Bonchev–Trinajstić information content (AvgIpc) is 0.811. The molecule has 0 aromatic rings. The Morgan fingerprint density at radius 3 is 0.667 bits per heavy atom. The molecule has 0 aliphatic carbocycles. The van der Waals surface area contributed by atoms with Crippen molar-refractivity contribution in [2.45, 2.75) is 0 Å². The van der Waals surface area contributed by atoms with E-state index >= 15 is 0 Å². The third-order valence-corrected chi connectivity index (χ3v) is 0. The summed E-state index contributed by atoms with van der Waals surface area (Å²) in [4.78, 5) is 0. The van der Waals surface area contributed by atoms with Crippen LogP contribution in [0.3, 0.4) is 0 Å². The SMILES string of the molecule is F.F.F.F.F.F.F.[Na+].[O]=[Ta](=[O])[O-]. The monoisotopic (exact) mass is 392 g/mol. The van der Waals surface area contributed by atoms with E-state index in [1.165, 1.54) is 0 Å². The second kappa shape index (κ2) is 95.1. The van der Waals surface area contributed by atoms with Gasteiger partial charge in [-0.05, 0) is 0 Å². The van der Waals surface area contributed by atoms with E-state index in [1.54, 1.807) is 0 Å². The van der Waals surface area contributed by atoms with Crippen molar-refractivity contribution in [1.82, 2.24) is 0 Å². The van der Waals surface area contributed by atoms with Crippen LogP contribution < -0.4 is 33.2 Å². The quantitative estimate of drug-likeness (QED) is 0.320. The zero-order valence-electron chi connectivity index (χ0n) is 5.53. The molecule has 0 saturated carbocycles. The van der Waals surface area contributed by atoms with Crippen molar-refractivity contribution in [3.05, 3.63) is 0 Å². The number of rotatable bonds is 0. The minimum absolute atomic E-state index is 0. The van der Waals surface area contributed by atoms with Crippen molar-refractivity contribution in [3.63, 3.8) is 0 Å². The molecule has 0 radical (unpaired) electrons. The van der Waals surface area contributed by atoms with Crippen LogP contribution in [0.4, 0.5) is 32.9 Å². The van der Waals surface area contributed by atoms with Gasteiger partial charge >= 0.3 is 58.5 Å². The first-order valence-electron chi connectivity index (χ1n) is 0.548. The summed E-state index contributed by atoms with van der Waals surface area (Å²) < 4.78 is 25.9. The molecule has 0 fully saturated rings. The van der Waals surface area contributed by atoms with Crippen LogP contribution in [-0.2, 0) is 25.3 Å². The molecule has 3 nitrogen and oxygen atoms in total. The first-order chi connectivity index (χ1) is 1.73. The number of hydrogen-bond donors (Lipinski definition) is 0. The van der Waals surface area contributed by atoms with Crippen molar-refractivity contribution in [2.24, 2.45) is 0 Å². The Bertz CT molecular complexity index is 67.1. The van der Waals surface area contributed by atoms with E-state index in [9.17, 15) is 0 Å². The first kappa shape index (κ1) is 123. The molecule has 80 valence electrons. The molecule has 0 atom stereocenters. The summed E-state index contributed by atoms with van der Waals surface area (Å²) in [5.74, 6) is 0. The van der Waals surface area contributed by atoms with Crippen molar-refractivity contribution in [2.75, 3.05) is 0 Å². The van der Waals surface area contributed by atoms with Crippen molar-refractivity contribution < 1.29 is 91.4 Å². The van der Waals surface area contributed by atoms with E-state index in [-0.39, 0.29) is 62.5 Å². The van der Waals surface area contributed by atoms with Crippen LogP contribution >= 0.6 is 0 Å². The van der Waals surface area contributed by atoms with Gasteiger partial charge in [-0.3, -0.25) is 32.9 Å². The van der Waals surface area contributed by atoms with Crippen LogP contribution in [0.25, 0.3) is 0 Å². The third kappa shape index (κ3) is 1580. The Hall–Kier alpha value is 0.810. The predicted octanol–water partition coefficient (Wildman–Crippen LogP) is -3.36. The van der Waals surface area contributed by atoms with Crippen molar-refractivity contribution in [1.29, 1.82) is 0 Å². The molecule has 0 heterocycles. The van der Waals surface area contributed by atoms with Gasteiger partial charge in [-0.25, -0.2) is 0 Å². The van der Waals surface area contributed by atoms with Gasteiger partial charge < -0.3 is 0 Å².